The van der Waals surface area contributed by atoms with Crippen LogP contribution < -0.4 is 15.2 Å². The first-order chi connectivity index (χ1) is 7.81. The predicted octanol–water partition coefficient (Wildman–Crippen LogP) is 1.13. The molecule has 2 N–H and O–H groups in total. The summed E-state index contributed by atoms with van der Waals surface area (Å²) in [5.74, 6) is 0.724. The zero-order valence-electron chi connectivity index (χ0n) is 10.4. The normalized spacial score (nSPS) is 13.2. The van der Waals surface area contributed by atoms with Gasteiger partial charge in [0.05, 0.1) is 14.2 Å². The molecule has 0 aromatic heterocycles. The number of methoxy groups -OCH3 is 2. The average Bonchev–Trinajstić information content (AvgIpc) is 2.25. The molecule has 0 aliphatic carbocycles. The van der Waals surface area contributed by atoms with Gasteiger partial charge in [-0.15, -0.1) is 0 Å². The van der Waals surface area contributed by atoms with Crippen molar-refractivity contribution in [1.82, 2.24) is 0 Å². The average molecular weight is 259 g/mol. The number of rotatable bonds is 4. The summed E-state index contributed by atoms with van der Waals surface area (Å²) in [6, 6.07) is 2.76. The van der Waals surface area contributed by atoms with E-state index in [1.165, 1.54) is 20.3 Å². The second-order valence-corrected chi connectivity index (χ2v) is 5.79. The van der Waals surface area contributed by atoms with E-state index < -0.39 is 9.84 Å². The Balaban J connectivity index is 3.55. The van der Waals surface area contributed by atoms with Crippen LogP contribution in [0.15, 0.2) is 17.0 Å². The number of ether oxygens (including phenoxy) is 2. The van der Waals surface area contributed by atoms with Crippen molar-refractivity contribution in [2.45, 2.75) is 17.9 Å². The SMILES string of the molecule is COc1cc(S(C)(=O)=O)c(OC)cc1C(C)N. The molecule has 0 spiro atoms. The Morgan fingerprint density at radius 2 is 1.71 bits per heavy atom. The number of benzene rings is 1. The van der Waals surface area contributed by atoms with Gasteiger partial charge in [-0.2, -0.15) is 0 Å². The van der Waals surface area contributed by atoms with Gasteiger partial charge < -0.3 is 15.2 Å². The van der Waals surface area contributed by atoms with Gasteiger partial charge in [0.25, 0.3) is 0 Å². The van der Waals surface area contributed by atoms with Gasteiger partial charge in [0.1, 0.15) is 16.4 Å². The van der Waals surface area contributed by atoms with E-state index in [0.717, 1.165) is 6.26 Å². The first kappa shape index (κ1) is 13.8. The van der Waals surface area contributed by atoms with E-state index in [9.17, 15) is 8.42 Å². The third-order valence-electron chi connectivity index (χ3n) is 2.41. The lowest BCUT2D eigenvalue weighted by Gasteiger charge is -2.15. The molecule has 6 heteroatoms. The number of hydrogen-bond donors (Lipinski definition) is 1. The van der Waals surface area contributed by atoms with E-state index in [-0.39, 0.29) is 16.7 Å². The molecular weight excluding hydrogens is 242 g/mol. The van der Waals surface area contributed by atoms with Crippen LogP contribution in [0.1, 0.15) is 18.5 Å². The fourth-order valence-electron chi connectivity index (χ4n) is 1.54. The zero-order chi connectivity index (χ0) is 13.2. The summed E-state index contributed by atoms with van der Waals surface area (Å²) in [7, 11) is -0.476. The van der Waals surface area contributed by atoms with E-state index in [4.69, 9.17) is 15.2 Å². The Kier molecular flexibility index (Phi) is 4.00. The van der Waals surface area contributed by atoms with Crippen LogP contribution in [0.2, 0.25) is 0 Å². The Labute approximate surface area is 101 Å². The molecule has 0 aliphatic heterocycles. The minimum absolute atomic E-state index is 0.0984. The summed E-state index contributed by atoms with van der Waals surface area (Å²) in [4.78, 5) is 0.0984. The van der Waals surface area contributed by atoms with Crippen molar-refractivity contribution in [3.63, 3.8) is 0 Å². The Morgan fingerprint density at radius 3 is 2.06 bits per heavy atom. The van der Waals surface area contributed by atoms with Gasteiger partial charge in [-0.05, 0) is 13.0 Å². The molecule has 1 aromatic carbocycles. The molecular formula is C11H17NO4S. The van der Waals surface area contributed by atoms with Crippen LogP contribution >= 0.6 is 0 Å². The molecule has 1 unspecified atom stereocenters. The second kappa shape index (κ2) is 4.93. The van der Waals surface area contributed by atoms with Gasteiger partial charge in [0, 0.05) is 23.9 Å². The highest BCUT2D eigenvalue weighted by Gasteiger charge is 2.19. The maximum Gasteiger partial charge on any atom is 0.179 e. The van der Waals surface area contributed by atoms with Gasteiger partial charge >= 0.3 is 0 Å². The minimum atomic E-state index is -3.37. The fraction of sp³-hybridized carbons (Fsp3) is 0.455. The first-order valence-electron chi connectivity index (χ1n) is 5.02. The third kappa shape index (κ3) is 2.89. The van der Waals surface area contributed by atoms with E-state index in [1.807, 2.05) is 0 Å². The van der Waals surface area contributed by atoms with Crippen LogP contribution in [0.25, 0.3) is 0 Å². The van der Waals surface area contributed by atoms with Crippen LogP contribution in [0, 0.1) is 0 Å². The molecule has 96 valence electrons. The standard InChI is InChI=1S/C11H17NO4S/c1-7(12)8-5-10(16-3)11(17(4,13)14)6-9(8)15-2/h5-7H,12H2,1-4H3. The molecule has 0 fully saturated rings. The highest BCUT2D eigenvalue weighted by Crippen LogP contribution is 2.34. The van der Waals surface area contributed by atoms with E-state index in [1.54, 1.807) is 13.0 Å². The van der Waals surface area contributed by atoms with Crippen molar-refractivity contribution < 1.29 is 17.9 Å². The molecule has 1 rings (SSSR count). The Morgan fingerprint density at radius 1 is 1.18 bits per heavy atom. The lowest BCUT2D eigenvalue weighted by molar-refractivity contribution is 0.387. The second-order valence-electron chi connectivity index (χ2n) is 3.81. The third-order valence-corrected chi connectivity index (χ3v) is 3.52. The highest BCUT2D eigenvalue weighted by molar-refractivity contribution is 7.90. The lowest BCUT2D eigenvalue weighted by atomic mass is 10.1. The fourth-order valence-corrected chi connectivity index (χ4v) is 2.37. The van der Waals surface area contributed by atoms with Crippen molar-refractivity contribution in [3.05, 3.63) is 17.7 Å². The first-order valence-corrected chi connectivity index (χ1v) is 6.92. The largest absolute Gasteiger partial charge is 0.496 e. The van der Waals surface area contributed by atoms with E-state index >= 15 is 0 Å². The summed E-state index contributed by atoms with van der Waals surface area (Å²) in [5.41, 5.74) is 6.49. The molecule has 1 aromatic rings. The molecule has 1 atom stereocenters. The summed E-state index contributed by atoms with van der Waals surface area (Å²) in [6.07, 6.45) is 1.12. The summed E-state index contributed by atoms with van der Waals surface area (Å²) < 4.78 is 33.4. The van der Waals surface area contributed by atoms with Crippen LogP contribution in [-0.4, -0.2) is 28.9 Å². The predicted molar refractivity (Wildman–Crippen MR) is 65.3 cm³/mol. The molecule has 0 bridgehead atoms. The van der Waals surface area contributed by atoms with Crippen LogP contribution in [0.5, 0.6) is 11.5 Å². The molecule has 0 amide bonds. The minimum Gasteiger partial charge on any atom is -0.496 e. The number of hydrogen-bond acceptors (Lipinski definition) is 5. The molecule has 0 saturated heterocycles. The Hall–Kier alpha value is -1.27. The van der Waals surface area contributed by atoms with Crippen molar-refractivity contribution in [2.75, 3.05) is 20.5 Å². The molecule has 5 nitrogen and oxygen atoms in total. The van der Waals surface area contributed by atoms with Crippen molar-refractivity contribution in [1.29, 1.82) is 0 Å². The van der Waals surface area contributed by atoms with E-state index in [0.29, 0.717) is 11.3 Å². The molecule has 0 saturated carbocycles. The maximum absolute atomic E-state index is 11.6. The topological polar surface area (TPSA) is 78.6 Å². The van der Waals surface area contributed by atoms with Crippen molar-refractivity contribution >= 4 is 9.84 Å². The van der Waals surface area contributed by atoms with Gasteiger partial charge in [0.2, 0.25) is 0 Å². The summed E-state index contributed by atoms with van der Waals surface area (Å²) in [6.45, 7) is 1.79. The van der Waals surface area contributed by atoms with Gasteiger partial charge in [0.15, 0.2) is 9.84 Å². The Bertz CT molecular complexity index is 508. The van der Waals surface area contributed by atoms with Crippen LogP contribution in [0.4, 0.5) is 0 Å². The van der Waals surface area contributed by atoms with Crippen molar-refractivity contribution in [2.24, 2.45) is 5.73 Å². The molecule has 17 heavy (non-hydrogen) atoms. The number of nitrogens with two attached hydrogens (primary N) is 1. The highest BCUT2D eigenvalue weighted by atomic mass is 32.2. The van der Waals surface area contributed by atoms with Crippen molar-refractivity contribution in [3.8, 4) is 11.5 Å². The molecule has 0 aliphatic rings. The van der Waals surface area contributed by atoms with Crippen LogP contribution in [0.3, 0.4) is 0 Å². The van der Waals surface area contributed by atoms with Gasteiger partial charge in [-0.3, -0.25) is 0 Å². The van der Waals surface area contributed by atoms with Crippen LogP contribution in [-0.2, 0) is 9.84 Å². The lowest BCUT2D eigenvalue weighted by Crippen LogP contribution is -2.09. The molecule has 0 radical (unpaired) electrons. The zero-order valence-corrected chi connectivity index (χ0v) is 11.2. The van der Waals surface area contributed by atoms with Gasteiger partial charge in [-0.25, -0.2) is 8.42 Å². The quantitative estimate of drug-likeness (QED) is 0.876. The summed E-state index contributed by atoms with van der Waals surface area (Å²) in [5, 5.41) is 0. The number of sulfone groups is 1. The maximum atomic E-state index is 11.6. The van der Waals surface area contributed by atoms with Gasteiger partial charge in [-0.1, -0.05) is 0 Å². The monoisotopic (exact) mass is 259 g/mol. The smallest absolute Gasteiger partial charge is 0.179 e. The van der Waals surface area contributed by atoms with E-state index in [2.05, 4.69) is 0 Å². The summed E-state index contributed by atoms with van der Waals surface area (Å²) >= 11 is 0. The molecule has 0 heterocycles.